The van der Waals surface area contributed by atoms with Crippen molar-refractivity contribution in [2.24, 2.45) is 0 Å². The summed E-state index contributed by atoms with van der Waals surface area (Å²) in [5, 5.41) is 13.8. The molecule has 0 aliphatic rings. The average Bonchev–Trinajstić information content (AvgIpc) is 2.62. The Balaban J connectivity index is 1.82. The van der Waals surface area contributed by atoms with Crippen LogP contribution in [0.1, 0.15) is 0 Å². The van der Waals surface area contributed by atoms with Crippen LogP contribution in [0.3, 0.4) is 0 Å². The summed E-state index contributed by atoms with van der Waals surface area (Å²) in [7, 11) is 3.14. The first-order chi connectivity index (χ1) is 12.2. The highest BCUT2D eigenvalue weighted by Crippen LogP contribution is 2.30. The molecule has 0 bridgehead atoms. The highest BCUT2D eigenvalue weighted by atomic mass is 19.1. The fourth-order valence-corrected chi connectivity index (χ4v) is 2.16. The maximum atomic E-state index is 13.3. The molecule has 0 fully saturated rings. The molecule has 8 heteroatoms. The summed E-state index contributed by atoms with van der Waals surface area (Å²) in [5.41, 5.74) is 1.19. The molecule has 0 spiro atoms. The van der Waals surface area contributed by atoms with Crippen LogP contribution in [0.5, 0.6) is 11.5 Å². The lowest BCUT2D eigenvalue weighted by molar-refractivity contribution is 0.405. The molecule has 25 heavy (non-hydrogen) atoms. The zero-order chi connectivity index (χ0) is 17.6. The summed E-state index contributed by atoms with van der Waals surface area (Å²) < 4.78 is 23.8. The molecule has 0 radical (unpaired) electrons. The zero-order valence-corrected chi connectivity index (χ0v) is 13.7. The van der Waals surface area contributed by atoms with Crippen LogP contribution < -0.4 is 20.1 Å². The standard InChI is InChI=1S/C17H16FN5O2/c1-24-13-6-7-15(25-2)14(9-13)21-17-22-16(10-19-23-17)20-12-5-3-4-11(18)8-12/h3-10H,1-2H3,(H2,20,21,22,23). The van der Waals surface area contributed by atoms with E-state index in [0.29, 0.717) is 28.7 Å². The predicted molar refractivity (Wildman–Crippen MR) is 92.3 cm³/mol. The van der Waals surface area contributed by atoms with E-state index in [0.717, 1.165) is 0 Å². The van der Waals surface area contributed by atoms with Gasteiger partial charge in [-0.1, -0.05) is 6.07 Å². The van der Waals surface area contributed by atoms with E-state index in [2.05, 4.69) is 25.8 Å². The van der Waals surface area contributed by atoms with E-state index in [1.165, 1.54) is 18.3 Å². The van der Waals surface area contributed by atoms with Gasteiger partial charge in [0, 0.05) is 11.8 Å². The van der Waals surface area contributed by atoms with Crippen molar-refractivity contribution in [2.75, 3.05) is 24.9 Å². The molecule has 0 saturated heterocycles. The highest BCUT2D eigenvalue weighted by molar-refractivity contribution is 5.65. The minimum absolute atomic E-state index is 0.257. The van der Waals surface area contributed by atoms with Gasteiger partial charge < -0.3 is 20.1 Å². The number of aromatic nitrogens is 3. The van der Waals surface area contributed by atoms with Crippen LogP contribution in [0.2, 0.25) is 0 Å². The van der Waals surface area contributed by atoms with Crippen molar-refractivity contribution in [3.8, 4) is 11.5 Å². The number of hydrogen-bond donors (Lipinski definition) is 2. The van der Waals surface area contributed by atoms with Gasteiger partial charge in [0.2, 0.25) is 5.95 Å². The Morgan fingerprint density at radius 2 is 1.88 bits per heavy atom. The minimum atomic E-state index is -0.341. The number of methoxy groups -OCH3 is 2. The van der Waals surface area contributed by atoms with Crippen molar-refractivity contribution >= 4 is 23.1 Å². The van der Waals surface area contributed by atoms with Crippen molar-refractivity contribution in [3.63, 3.8) is 0 Å². The van der Waals surface area contributed by atoms with Crippen molar-refractivity contribution < 1.29 is 13.9 Å². The first-order valence-electron chi connectivity index (χ1n) is 7.39. The third kappa shape index (κ3) is 4.11. The molecule has 0 atom stereocenters. The van der Waals surface area contributed by atoms with E-state index in [1.807, 2.05) is 0 Å². The molecular weight excluding hydrogens is 325 g/mol. The Morgan fingerprint density at radius 3 is 2.64 bits per heavy atom. The van der Waals surface area contributed by atoms with Gasteiger partial charge in [-0.2, -0.15) is 10.1 Å². The summed E-state index contributed by atoms with van der Waals surface area (Å²) in [5.74, 6) is 1.60. The van der Waals surface area contributed by atoms with Gasteiger partial charge >= 0.3 is 0 Å². The normalized spacial score (nSPS) is 10.2. The van der Waals surface area contributed by atoms with Gasteiger partial charge in [0.05, 0.1) is 26.1 Å². The quantitative estimate of drug-likeness (QED) is 0.710. The molecule has 1 aromatic heterocycles. The summed E-state index contributed by atoms with van der Waals surface area (Å²) in [4.78, 5) is 4.31. The van der Waals surface area contributed by atoms with Crippen molar-refractivity contribution in [1.29, 1.82) is 0 Å². The Bertz CT molecular complexity index is 875. The van der Waals surface area contributed by atoms with Crippen molar-refractivity contribution in [1.82, 2.24) is 15.2 Å². The molecule has 0 aliphatic heterocycles. The van der Waals surface area contributed by atoms with Crippen molar-refractivity contribution in [2.45, 2.75) is 0 Å². The zero-order valence-electron chi connectivity index (χ0n) is 13.7. The van der Waals surface area contributed by atoms with E-state index >= 15 is 0 Å². The van der Waals surface area contributed by atoms with E-state index in [1.54, 1.807) is 44.6 Å². The first kappa shape index (κ1) is 16.4. The molecule has 2 N–H and O–H groups in total. The van der Waals surface area contributed by atoms with Crippen LogP contribution in [0, 0.1) is 5.82 Å². The summed E-state index contributed by atoms with van der Waals surface area (Å²) in [6.45, 7) is 0. The Labute approximate surface area is 143 Å². The summed E-state index contributed by atoms with van der Waals surface area (Å²) in [6.07, 6.45) is 1.44. The number of hydrogen-bond acceptors (Lipinski definition) is 7. The number of benzene rings is 2. The van der Waals surface area contributed by atoms with Crippen LogP contribution >= 0.6 is 0 Å². The van der Waals surface area contributed by atoms with Crippen LogP contribution in [0.15, 0.2) is 48.7 Å². The third-order valence-corrected chi connectivity index (χ3v) is 3.31. The fourth-order valence-electron chi connectivity index (χ4n) is 2.16. The smallest absolute Gasteiger partial charge is 0.249 e. The van der Waals surface area contributed by atoms with Crippen LogP contribution in [-0.4, -0.2) is 29.4 Å². The SMILES string of the molecule is COc1ccc(OC)c(Nc2nncc(Nc3cccc(F)c3)n2)c1. The molecule has 0 unspecified atom stereocenters. The second-order valence-electron chi connectivity index (χ2n) is 4.99. The fraction of sp³-hybridized carbons (Fsp3) is 0.118. The van der Waals surface area contributed by atoms with Gasteiger partial charge in [-0.05, 0) is 30.3 Å². The molecular formula is C17H16FN5O2. The maximum absolute atomic E-state index is 13.3. The predicted octanol–water partition coefficient (Wildman–Crippen LogP) is 3.52. The largest absolute Gasteiger partial charge is 0.497 e. The Morgan fingerprint density at radius 1 is 1.00 bits per heavy atom. The number of nitrogens with zero attached hydrogens (tertiary/aromatic N) is 3. The van der Waals surface area contributed by atoms with E-state index in [4.69, 9.17) is 9.47 Å². The van der Waals surface area contributed by atoms with Gasteiger partial charge in [-0.15, -0.1) is 5.10 Å². The molecule has 0 saturated carbocycles. The van der Waals surface area contributed by atoms with E-state index in [9.17, 15) is 4.39 Å². The lowest BCUT2D eigenvalue weighted by Crippen LogP contribution is -2.03. The minimum Gasteiger partial charge on any atom is -0.497 e. The van der Waals surface area contributed by atoms with Gasteiger partial charge in [-0.25, -0.2) is 4.39 Å². The second kappa shape index (κ2) is 7.43. The molecule has 2 aromatic carbocycles. The van der Waals surface area contributed by atoms with Gasteiger partial charge in [-0.3, -0.25) is 0 Å². The lowest BCUT2D eigenvalue weighted by Gasteiger charge is -2.12. The number of anilines is 4. The Hall–Kier alpha value is -3.42. The van der Waals surface area contributed by atoms with E-state index in [-0.39, 0.29) is 11.8 Å². The number of halogens is 1. The monoisotopic (exact) mass is 341 g/mol. The van der Waals surface area contributed by atoms with Crippen molar-refractivity contribution in [3.05, 3.63) is 54.5 Å². The molecule has 3 aromatic rings. The average molecular weight is 341 g/mol. The number of rotatable bonds is 6. The van der Waals surface area contributed by atoms with Crippen LogP contribution in [0.4, 0.5) is 27.5 Å². The molecule has 0 amide bonds. The molecule has 128 valence electrons. The summed E-state index contributed by atoms with van der Waals surface area (Å²) >= 11 is 0. The van der Waals surface area contributed by atoms with Gasteiger partial charge in [0.25, 0.3) is 0 Å². The number of ether oxygens (including phenoxy) is 2. The highest BCUT2D eigenvalue weighted by Gasteiger charge is 2.08. The topological polar surface area (TPSA) is 81.2 Å². The van der Waals surface area contributed by atoms with Crippen LogP contribution in [-0.2, 0) is 0 Å². The first-order valence-corrected chi connectivity index (χ1v) is 7.39. The van der Waals surface area contributed by atoms with Gasteiger partial charge in [0.1, 0.15) is 17.3 Å². The van der Waals surface area contributed by atoms with Gasteiger partial charge in [0.15, 0.2) is 5.82 Å². The van der Waals surface area contributed by atoms with E-state index < -0.39 is 0 Å². The Kier molecular flexibility index (Phi) is 4.89. The molecule has 7 nitrogen and oxygen atoms in total. The third-order valence-electron chi connectivity index (χ3n) is 3.31. The van der Waals surface area contributed by atoms with Crippen LogP contribution in [0.25, 0.3) is 0 Å². The number of nitrogens with one attached hydrogen (secondary N) is 2. The molecule has 0 aliphatic carbocycles. The second-order valence-corrected chi connectivity index (χ2v) is 4.99. The summed E-state index contributed by atoms with van der Waals surface area (Å²) in [6, 6.07) is 11.4. The maximum Gasteiger partial charge on any atom is 0.249 e. The molecule has 1 heterocycles. The molecule has 3 rings (SSSR count). The lowest BCUT2D eigenvalue weighted by atomic mass is 10.2.